The predicted octanol–water partition coefficient (Wildman–Crippen LogP) is 2.58. The van der Waals surface area contributed by atoms with Gasteiger partial charge in [-0.15, -0.1) is 0 Å². The van der Waals surface area contributed by atoms with Crippen LogP contribution in [0.15, 0.2) is 18.2 Å². The number of benzene rings is 1. The Kier molecular flexibility index (Phi) is 5.82. The van der Waals surface area contributed by atoms with Gasteiger partial charge in [0.1, 0.15) is 0 Å². The van der Waals surface area contributed by atoms with E-state index in [4.69, 9.17) is 0 Å². The zero-order valence-corrected chi connectivity index (χ0v) is 14.9. The molecular weight excluding hydrogens is 288 g/mol. The summed E-state index contributed by atoms with van der Waals surface area (Å²) in [6.45, 7) is 7.55. The van der Waals surface area contributed by atoms with Crippen molar-refractivity contribution in [2.75, 3.05) is 26.7 Å². The molecule has 1 aromatic carbocycles. The number of likely N-dealkylation sites (N-methyl/N-ethyl adjacent to an activating group) is 1. The van der Waals surface area contributed by atoms with Crippen LogP contribution in [-0.2, 0) is 4.79 Å². The van der Waals surface area contributed by atoms with Crippen LogP contribution >= 0.6 is 0 Å². The second kappa shape index (κ2) is 7.45. The van der Waals surface area contributed by atoms with Crippen molar-refractivity contribution in [2.45, 2.75) is 46.1 Å². The van der Waals surface area contributed by atoms with Gasteiger partial charge < -0.3 is 10.4 Å². The molecule has 1 atom stereocenters. The van der Waals surface area contributed by atoms with E-state index in [1.807, 2.05) is 18.9 Å². The zero-order chi connectivity index (χ0) is 17.0. The molecule has 0 aromatic heterocycles. The van der Waals surface area contributed by atoms with Crippen LogP contribution in [0.1, 0.15) is 48.9 Å². The van der Waals surface area contributed by atoms with Crippen molar-refractivity contribution in [3.8, 4) is 0 Å². The molecule has 1 saturated carbocycles. The first kappa shape index (κ1) is 18.0. The van der Waals surface area contributed by atoms with Crippen LogP contribution in [0, 0.1) is 19.3 Å². The number of carbonyl (C=O) groups excluding carboxylic acids is 1. The van der Waals surface area contributed by atoms with Crippen LogP contribution in [0.5, 0.6) is 0 Å². The molecule has 1 aliphatic carbocycles. The number of carbonyl (C=O) groups is 1. The molecule has 1 aliphatic rings. The van der Waals surface area contributed by atoms with E-state index in [2.05, 4.69) is 37.4 Å². The number of nitrogens with zero attached hydrogens (tertiary/aromatic N) is 1. The molecule has 4 heteroatoms. The number of hydrogen-bond donors (Lipinski definition) is 2. The molecular formula is C19H30N2O2. The van der Waals surface area contributed by atoms with Crippen molar-refractivity contribution < 1.29 is 9.90 Å². The number of rotatable bonds is 7. The number of nitrogens with one attached hydrogen (secondary N) is 1. The molecule has 1 fully saturated rings. The Morgan fingerprint density at radius 3 is 2.65 bits per heavy atom. The first-order valence-corrected chi connectivity index (χ1v) is 8.51. The Morgan fingerprint density at radius 2 is 2.09 bits per heavy atom. The Morgan fingerprint density at radius 1 is 1.39 bits per heavy atom. The molecule has 1 amide bonds. The van der Waals surface area contributed by atoms with Crippen LogP contribution in [0.3, 0.4) is 0 Å². The van der Waals surface area contributed by atoms with Crippen molar-refractivity contribution in [3.63, 3.8) is 0 Å². The van der Waals surface area contributed by atoms with Gasteiger partial charge in [0.05, 0.1) is 12.6 Å². The summed E-state index contributed by atoms with van der Waals surface area (Å²) in [4.78, 5) is 14.3. The summed E-state index contributed by atoms with van der Waals surface area (Å²) in [7, 11) is 1.96. The lowest BCUT2D eigenvalue weighted by atomic mass is 9.69. The molecule has 2 N–H and O–H groups in total. The highest BCUT2D eigenvalue weighted by Gasteiger charge is 2.37. The molecule has 0 radical (unpaired) electrons. The fourth-order valence-electron chi connectivity index (χ4n) is 3.51. The summed E-state index contributed by atoms with van der Waals surface area (Å²) < 4.78 is 0. The number of amides is 1. The van der Waals surface area contributed by atoms with Gasteiger partial charge >= 0.3 is 0 Å². The minimum atomic E-state index is 0.00584. The maximum Gasteiger partial charge on any atom is 0.234 e. The van der Waals surface area contributed by atoms with Gasteiger partial charge in [0.2, 0.25) is 5.91 Å². The Labute approximate surface area is 139 Å². The SMILES string of the molecule is Cc1ccc(C)c([C@@H](C)NC(=O)CN(C)CC2(CO)CCC2)c1. The van der Waals surface area contributed by atoms with Gasteiger partial charge in [0.15, 0.2) is 0 Å². The van der Waals surface area contributed by atoms with E-state index in [0.29, 0.717) is 6.54 Å². The molecule has 23 heavy (non-hydrogen) atoms. The van der Waals surface area contributed by atoms with Crippen molar-refractivity contribution in [1.29, 1.82) is 0 Å². The average Bonchev–Trinajstić information content (AvgIpc) is 2.45. The Bertz CT molecular complexity index is 547. The fourth-order valence-corrected chi connectivity index (χ4v) is 3.51. The quantitative estimate of drug-likeness (QED) is 0.812. The van der Waals surface area contributed by atoms with Gasteiger partial charge in [-0.2, -0.15) is 0 Å². The number of aliphatic hydroxyl groups is 1. The zero-order valence-electron chi connectivity index (χ0n) is 14.9. The molecule has 0 heterocycles. The van der Waals surface area contributed by atoms with Crippen LogP contribution in [0.25, 0.3) is 0 Å². The minimum Gasteiger partial charge on any atom is -0.396 e. The lowest BCUT2D eigenvalue weighted by Crippen LogP contribution is -2.46. The Balaban J connectivity index is 1.87. The predicted molar refractivity (Wildman–Crippen MR) is 93.3 cm³/mol. The van der Waals surface area contributed by atoms with Crippen molar-refractivity contribution in [3.05, 3.63) is 34.9 Å². The molecule has 0 saturated heterocycles. The highest BCUT2D eigenvalue weighted by atomic mass is 16.3. The molecule has 0 spiro atoms. The Hall–Kier alpha value is -1.39. The second-order valence-corrected chi connectivity index (χ2v) is 7.33. The van der Waals surface area contributed by atoms with Crippen molar-refractivity contribution in [2.24, 2.45) is 5.41 Å². The van der Waals surface area contributed by atoms with Gasteiger partial charge in [-0.05, 0) is 51.8 Å². The van der Waals surface area contributed by atoms with E-state index in [1.165, 1.54) is 23.1 Å². The van der Waals surface area contributed by atoms with Crippen LogP contribution < -0.4 is 5.32 Å². The lowest BCUT2D eigenvalue weighted by molar-refractivity contribution is -0.123. The summed E-state index contributed by atoms with van der Waals surface area (Å²) in [5, 5.41) is 12.6. The fraction of sp³-hybridized carbons (Fsp3) is 0.632. The molecule has 4 nitrogen and oxygen atoms in total. The third kappa shape index (κ3) is 4.55. The first-order valence-electron chi connectivity index (χ1n) is 8.51. The molecule has 2 rings (SSSR count). The number of hydrogen-bond acceptors (Lipinski definition) is 3. The van der Waals surface area contributed by atoms with Crippen LogP contribution in [0.4, 0.5) is 0 Å². The molecule has 128 valence electrons. The van der Waals surface area contributed by atoms with E-state index < -0.39 is 0 Å². The largest absolute Gasteiger partial charge is 0.396 e. The summed E-state index contributed by atoms with van der Waals surface area (Å²) in [5.41, 5.74) is 3.60. The van der Waals surface area contributed by atoms with Gasteiger partial charge in [0.25, 0.3) is 0 Å². The van der Waals surface area contributed by atoms with E-state index in [-0.39, 0.29) is 24.0 Å². The maximum atomic E-state index is 12.3. The number of aryl methyl sites for hydroxylation is 2. The van der Waals surface area contributed by atoms with E-state index in [1.54, 1.807) is 0 Å². The second-order valence-electron chi connectivity index (χ2n) is 7.33. The van der Waals surface area contributed by atoms with Gasteiger partial charge in [-0.25, -0.2) is 0 Å². The highest BCUT2D eigenvalue weighted by molar-refractivity contribution is 5.78. The van der Waals surface area contributed by atoms with Crippen LogP contribution in [-0.4, -0.2) is 42.7 Å². The van der Waals surface area contributed by atoms with E-state index >= 15 is 0 Å². The van der Waals surface area contributed by atoms with Crippen molar-refractivity contribution in [1.82, 2.24) is 10.2 Å². The van der Waals surface area contributed by atoms with Crippen LogP contribution in [0.2, 0.25) is 0 Å². The topological polar surface area (TPSA) is 52.6 Å². The summed E-state index contributed by atoms with van der Waals surface area (Å²) in [6, 6.07) is 6.33. The normalized spacial score (nSPS) is 17.7. The summed E-state index contributed by atoms with van der Waals surface area (Å²) >= 11 is 0. The first-order chi connectivity index (χ1) is 10.8. The minimum absolute atomic E-state index is 0.00584. The monoisotopic (exact) mass is 318 g/mol. The van der Waals surface area contributed by atoms with Gasteiger partial charge in [-0.1, -0.05) is 30.2 Å². The van der Waals surface area contributed by atoms with E-state index in [0.717, 1.165) is 19.4 Å². The van der Waals surface area contributed by atoms with E-state index in [9.17, 15) is 9.90 Å². The maximum absolute atomic E-state index is 12.3. The third-order valence-corrected chi connectivity index (χ3v) is 5.05. The smallest absolute Gasteiger partial charge is 0.234 e. The van der Waals surface area contributed by atoms with Gasteiger partial charge in [0, 0.05) is 18.6 Å². The standard InChI is InChI=1S/C19H30N2O2/c1-14-6-7-15(2)17(10-14)16(3)20-18(23)11-21(4)12-19(13-22)8-5-9-19/h6-7,10,16,22H,5,8-9,11-13H2,1-4H3,(H,20,23)/t16-/m1/s1. The molecule has 1 aromatic rings. The summed E-state index contributed by atoms with van der Waals surface area (Å²) in [6.07, 6.45) is 3.31. The molecule has 0 bridgehead atoms. The molecule has 0 aliphatic heterocycles. The van der Waals surface area contributed by atoms with Gasteiger partial charge in [-0.3, -0.25) is 9.69 Å². The average molecular weight is 318 g/mol. The summed E-state index contributed by atoms with van der Waals surface area (Å²) in [5.74, 6) is 0.0355. The number of aliphatic hydroxyl groups excluding tert-OH is 1. The lowest BCUT2D eigenvalue weighted by Gasteiger charge is -2.42. The highest BCUT2D eigenvalue weighted by Crippen LogP contribution is 2.40. The van der Waals surface area contributed by atoms with Crippen molar-refractivity contribution >= 4 is 5.91 Å². The molecule has 0 unspecified atom stereocenters. The third-order valence-electron chi connectivity index (χ3n) is 5.05.